The van der Waals surface area contributed by atoms with Gasteiger partial charge in [0.05, 0.1) is 11.8 Å². The van der Waals surface area contributed by atoms with Gasteiger partial charge in [-0.3, -0.25) is 4.79 Å². The molecular formula is C9H4FNO3. The first-order chi connectivity index (χ1) is 6.65. The Balaban J connectivity index is 3.19. The summed E-state index contributed by atoms with van der Waals surface area (Å²) in [7, 11) is 0. The first kappa shape index (κ1) is 9.86. The fourth-order valence-corrected chi connectivity index (χ4v) is 0.774. The number of hydrogen-bond donors (Lipinski definition) is 1. The Morgan fingerprint density at radius 3 is 2.93 bits per heavy atom. The minimum Gasteiger partial charge on any atom is -0.478 e. The molecule has 70 valence electrons. The molecule has 0 fully saturated rings. The molecule has 14 heavy (non-hydrogen) atoms. The summed E-state index contributed by atoms with van der Waals surface area (Å²) in [5, 5.41) is 8.53. The molecule has 0 saturated heterocycles. The van der Waals surface area contributed by atoms with Gasteiger partial charge in [-0.2, -0.15) is 0 Å². The number of nitrogens with zero attached hydrogens (tertiary/aromatic N) is 1. The van der Waals surface area contributed by atoms with Crippen LogP contribution in [0.3, 0.4) is 0 Å². The minimum atomic E-state index is -1.40. The third kappa shape index (κ3) is 2.14. The molecular weight excluding hydrogens is 189 g/mol. The number of aromatic nitrogens is 1. The predicted molar refractivity (Wildman–Crippen MR) is 44.1 cm³/mol. The van der Waals surface area contributed by atoms with Crippen LogP contribution in [0, 0.1) is 17.7 Å². The van der Waals surface area contributed by atoms with Crippen molar-refractivity contribution in [3.8, 4) is 11.8 Å². The molecule has 0 saturated carbocycles. The van der Waals surface area contributed by atoms with Crippen molar-refractivity contribution in [1.29, 1.82) is 0 Å². The van der Waals surface area contributed by atoms with E-state index in [1.807, 2.05) is 5.92 Å². The highest BCUT2D eigenvalue weighted by atomic mass is 19.1. The minimum absolute atomic E-state index is 0.0379. The van der Waals surface area contributed by atoms with Crippen molar-refractivity contribution in [2.45, 2.75) is 0 Å². The lowest BCUT2D eigenvalue weighted by molar-refractivity contribution is -0.103. The second kappa shape index (κ2) is 4.14. The van der Waals surface area contributed by atoms with Crippen LogP contribution in [0.15, 0.2) is 12.3 Å². The van der Waals surface area contributed by atoms with Crippen molar-refractivity contribution in [1.82, 2.24) is 4.98 Å². The molecule has 1 rings (SSSR count). The molecule has 1 N–H and O–H groups in total. The van der Waals surface area contributed by atoms with Gasteiger partial charge in [0.2, 0.25) is 0 Å². The number of aromatic carboxylic acids is 1. The van der Waals surface area contributed by atoms with Crippen LogP contribution in [0.5, 0.6) is 0 Å². The van der Waals surface area contributed by atoms with Crippen molar-refractivity contribution in [2.24, 2.45) is 0 Å². The van der Waals surface area contributed by atoms with Gasteiger partial charge < -0.3 is 5.11 Å². The van der Waals surface area contributed by atoms with E-state index in [4.69, 9.17) is 5.11 Å². The van der Waals surface area contributed by atoms with E-state index < -0.39 is 17.3 Å². The fraction of sp³-hybridized carbons (Fsp3) is 0. The van der Waals surface area contributed by atoms with Gasteiger partial charge in [0, 0.05) is 0 Å². The Labute approximate surface area is 78.4 Å². The first-order valence-corrected chi connectivity index (χ1v) is 3.49. The highest BCUT2D eigenvalue weighted by molar-refractivity contribution is 5.88. The smallest absolute Gasteiger partial charge is 0.338 e. The van der Waals surface area contributed by atoms with Gasteiger partial charge in [0.25, 0.3) is 0 Å². The Kier molecular flexibility index (Phi) is 2.92. The Hall–Kier alpha value is -2.22. The molecule has 1 aromatic heterocycles. The van der Waals surface area contributed by atoms with Gasteiger partial charge in [0.15, 0.2) is 12.1 Å². The molecule has 0 unspecified atom stereocenters. The van der Waals surface area contributed by atoms with Gasteiger partial charge in [0.1, 0.15) is 5.69 Å². The molecule has 0 aliphatic carbocycles. The number of rotatable bonds is 1. The number of carboxylic acid groups (broad SMARTS) is 1. The third-order valence-electron chi connectivity index (χ3n) is 1.34. The summed E-state index contributed by atoms with van der Waals surface area (Å²) in [5.74, 6) is 1.96. The summed E-state index contributed by atoms with van der Waals surface area (Å²) < 4.78 is 12.8. The van der Waals surface area contributed by atoms with Crippen molar-refractivity contribution in [2.75, 3.05) is 0 Å². The standard InChI is InChI=1S/C9H4FNO3/c10-8-5-11-6(2-1-3-12)4-7(8)9(13)14/h3-5H,(H,13,14). The van der Waals surface area contributed by atoms with Crippen LogP contribution >= 0.6 is 0 Å². The number of carboxylic acids is 1. The molecule has 5 heteroatoms. The van der Waals surface area contributed by atoms with Crippen molar-refractivity contribution < 1.29 is 19.1 Å². The number of hydrogen-bond acceptors (Lipinski definition) is 3. The summed E-state index contributed by atoms with van der Waals surface area (Å²) in [6.45, 7) is 0. The van der Waals surface area contributed by atoms with Crippen LogP contribution in [-0.4, -0.2) is 22.3 Å². The fourth-order valence-electron chi connectivity index (χ4n) is 0.774. The van der Waals surface area contributed by atoms with Crippen LogP contribution in [0.4, 0.5) is 4.39 Å². The molecule has 0 aliphatic rings. The largest absolute Gasteiger partial charge is 0.478 e. The number of aldehydes is 1. The van der Waals surface area contributed by atoms with Crippen molar-refractivity contribution in [3.63, 3.8) is 0 Å². The van der Waals surface area contributed by atoms with Crippen LogP contribution in [0.25, 0.3) is 0 Å². The summed E-state index contributed by atoms with van der Waals surface area (Å²) in [6, 6.07) is 0.966. The van der Waals surface area contributed by atoms with E-state index in [1.54, 1.807) is 0 Å². The molecule has 0 radical (unpaired) electrons. The average molecular weight is 193 g/mol. The van der Waals surface area contributed by atoms with Gasteiger partial charge in [-0.1, -0.05) is 0 Å². The number of carbonyl (C=O) groups excluding carboxylic acids is 1. The van der Waals surface area contributed by atoms with E-state index in [9.17, 15) is 14.0 Å². The quantitative estimate of drug-likeness (QED) is 0.520. The second-order valence-electron chi connectivity index (χ2n) is 2.24. The maximum absolute atomic E-state index is 12.8. The molecule has 0 spiro atoms. The molecule has 0 atom stereocenters. The SMILES string of the molecule is O=CC#Cc1cc(C(=O)O)c(F)cn1. The lowest BCUT2D eigenvalue weighted by atomic mass is 10.2. The van der Waals surface area contributed by atoms with Gasteiger partial charge >= 0.3 is 5.97 Å². The van der Waals surface area contributed by atoms with Crippen LogP contribution in [0.2, 0.25) is 0 Å². The molecule has 4 nitrogen and oxygen atoms in total. The molecule has 0 amide bonds. The molecule has 1 aromatic rings. The molecule has 0 aliphatic heterocycles. The van der Waals surface area contributed by atoms with Gasteiger partial charge in [-0.25, -0.2) is 14.2 Å². The average Bonchev–Trinajstić information content (AvgIpc) is 2.16. The van der Waals surface area contributed by atoms with Crippen molar-refractivity contribution in [3.05, 3.63) is 29.3 Å². The number of pyridine rings is 1. The normalized spacial score (nSPS) is 8.64. The zero-order valence-corrected chi connectivity index (χ0v) is 6.82. The summed E-state index contributed by atoms with van der Waals surface area (Å²) in [5.41, 5.74) is -0.480. The molecule has 0 bridgehead atoms. The summed E-state index contributed by atoms with van der Waals surface area (Å²) in [4.78, 5) is 23.8. The second-order valence-corrected chi connectivity index (χ2v) is 2.24. The predicted octanol–water partition coefficient (Wildman–Crippen LogP) is 0.469. The maximum Gasteiger partial charge on any atom is 0.338 e. The van der Waals surface area contributed by atoms with E-state index in [1.165, 1.54) is 0 Å². The monoisotopic (exact) mass is 193 g/mol. The van der Waals surface area contributed by atoms with Crippen LogP contribution < -0.4 is 0 Å². The van der Waals surface area contributed by atoms with E-state index in [-0.39, 0.29) is 5.69 Å². The molecule has 0 aromatic carbocycles. The van der Waals surface area contributed by atoms with Crippen molar-refractivity contribution >= 4 is 12.3 Å². The highest BCUT2D eigenvalue weighted by Gasteiger charge is 2.10. The topological polar surface area (TPSA) is 67.3 Å². The number of carbonyl (C=O) groups is 2. The Bertz CT molecular complexity index is 445. The third-order valence-corrected chi connectivity index (χ3v) is 1.34. The lowest BCUT2D eigenvalue weighted by Crippen LogP contribution is -2.02. The van der Waals surface area contributed by atoms with E-state index >= 15 is 0 Å². The first-order valence-electron chi connectivity index (χ1n) is 3.49. The molecule has 1 heterocycles. The Morgan fingerprint density at radius 2 is 2.36 bits per heavy atom. The van der Waals surface area contributed by atoms with Gasteiger partial charge in [-0.15, -0.1) is 0 Å². The zero-order chi connectivity index (χ0) is 10.6. The van der Waals surface area contributed by atoms with Crippen LogP contribution in [-0.2, 0) is 4.79 Å². The zero-order valence-electron chi connectivity index (χ0n) is 6.82. The Morgan fingerprint density at radius 1 is 1.64 bits per heavy atom. The van der Waals surface area contributed by atoms with Gasteiger partial charge in [-0.05, 0) is 17.9 Å². The maximum atomic E-state index is 12.8. The van der Waals surface area contributed by atoms with E-state index in [2.05, 4.69) is 10.9 Å². The van der Waals surface area contributed by atoms with Crippen LogP contribution in [0.1, 0.15) is 16.1 Å². The lowest BCUT2D eigenvalue weighted by Gasteiger charge is -1.96. The van der Waals surface area contributed by atoms with E-state index in [0.29, 0.717) is 6.29 Å². The summed E-state index contributed by atoms with van der Waals surface area (Å²) >= 11 is 0. The van der Waals surface area contributed by atoms with E-state index in [0.717, 1.165) is 12.3 Å². The highest BCUT2D eigenvalue weighted by Crippen LogP contribution is 2.06. The number of halogens is 1. The summed E-state index contributed by atoms with van der Waals surface area (Å²) in [6.07, 6.45) is 1.09.